The number of aryl methyl sites for hydroxylation is 1. The molecule has 1 aromatic carbocycles. The van der Waals surface area contributed by atoms with Gasteiger partial charge < -0.3 is 0 Å². The molecule has 2 heterocycles. The van der Waals surface area contributed by atoms with Gasteiger partial charge in [-0.2, -0.15) is 13.2 Å². The van der Waals surface area contributed by atoms with Crippen molar-refractivity contribution in [1.82, 2.24) is 14.6 Å². The van der Waals surface area contributed by atoms with E-state index in [1.54, 1.807) is 0 Å². The summed E-state index contributed by atoms with van der Waals surface area (Å²) in [4.78, 5) is 0. The maximum Gasteiger partial charge on any atom is 0.417 e. The standard InChI is InChI=1S/C17H14F3N3S/c18-17(19,20)12-8-9-15-21-22-16(23(15)10-12)24-14-7-3-5-11-4-1-2-6-13(11)14/h1-2,4,6,8-10,14H,3,5,7H2/t14-/m0/s1. The van der Waals surface area contributed by atoms with Crippen LogP contribution >= 0.6 is 11.8 Å². The van der Waals surface area contributed by atoms with Gasteiger partial charge in [0, 0.05) is 11.4 Å². The Morgan fingerprint density at radius 2 is 1.92 bits per heavy atom. The Balaban J connectivity index is 1.71. The van der Waals surface area contributed by atoms with Crippen molar-refractivity contribution in [2.45, 2.75) is 35.8 Å². The lowest BCUT2D eigenvalue weighted by molar-refractivity contribution is -0.137. The highest BCUT2D eigenvalue weighted by Gasteiger charge is 2.31. The third-order valence-electron chi connectivity index (χ3n) is 4.26. The molecule has 0 N–H and O–H groups in total. The van der Waals surface area contributed by atoms with E-state index in [0.29, 0.717) is 10.8 Å². The smallest absolute Gasteiger partial charge is 0.277 e. The molecule has 3 aromatic rings. The summed E-state index contributed by atoms with van der Waals surface area (Å²) in [6.45, 7) is 0. The molecule has 3 nitrogen and oxygen atoms in total. The fourth-order valence-electron chi connectivity index (χ4n) is 3.08. The van der Waals surface area contributed by atoms with Crippen molar-refractivity contribution in [3.63, 3.8) is 0 Å². The van der Waals surface area contributed by atoms with Crippen LogP contribution in [0.15, 0.2) is 47.8 Å². The van der Waals surface area contributed by atoms with Crippen LogP contribution in [-0.2, 0) is 12.6 Å². The van der Waals surface area contributed by atoms with Gasteiger partial charge in [0.25, 0.3) is 0 Å². The summed E-state index contributed by atoms with van der Waals surface area (Å²) in [5.74, 6) is 0. The van der Waals surface area contributed by atoms with Gasteiger partial charge in [-0.15, -0.1) is 10.2 Å². The molecule has 0 aliphatic heterocycles. The molecule has 1 aliphatic rings. The molecule has 0 bridgehead atoms. The first kappa shape index (κ1) is 15.5. The lowest BCUT2D eigenvalue weighted by Gasteiger charge is -2.24. The van der Waals surface area contributed by atoms with E-state index in [9.17, 15) is 13.2 Å². The first-order valence-electron chi connectivity index (χ1n) is 7.69. The highest BCUT2D eigenvalue weighted by atomic mass is 32.2. The van der Waals surface area contributed by atoms with Crippen LogP contribution in [0.25, 0.3) is 5.65 Å². The maximum atomic E-state index is 12.9. The Kier molecular flexibility index (Phi) is 3.75. The van der Waals surface area contributed by atoms with Gasteiger partial charge in [0.1, 0.15) is 0 Å². The van der Waals surface area contributed by atoms with E-state index < -0.39 is 11.7 Å². The number of hydrogen-bond donors (Lipinski definition) is 0. The molecule has 2 aromatic heterocycles. The molecule has 7 heteroatoms. The lowest BCUT2D eigenvalue weighted by Crippen LogP contribution is -2.08. The normalized spacial score (nSPS) is 17.9. The number of rotatable bonds is 2. The van der Waals surface area contributed by atoms with Crippen molar-refractivity contribution in [1.29, 1.82) is 0 Å². The molecular formula is C17H14F3N3S. The minimum absolute atomic E-state index is 0.192. The zero-order chi connectivity index (χ0) is 16.7. The van der Waals surface area contributed by atoms with Gasteiger partial charge in [0.15, 0.2) is 10.8 Å². The van der Waals surface area contributed by atoms with Crippen molar-refractivity contribution in [2.24, 2.45) is 0 Å². The summed E-state index contributed by atoms with van der Waals surface area (Å²) >= 11 is 1.48. The molecule has 0 radical (unpaired) electrons. The molecule has 1 aliphatic carbocycles. The third-order valence-corrected chi connectivity index (χ3v) is 5.52. The predicted octanol–water partition coefficient (Wildman–Crippen LogP) is 4.92. The van der Waals surface area contributed by atoms with E-state index in [1.807, 2.05) is 12.1 Å². The topological polar surface area (TPSA) is 30.2 Å². The van der Waals surface area contributed by atoms with Crippen LogP contribution in [0.3, 0.4) is 0 Å². The Hall–Kier alpha value is -2.02. The number of alkyl halides is 3. The van der Waals surface area contributed by atoms with Crippen molar-refractivity contribution >= 4 is 17.4 Å². The molecule has 0 amide bonds. The highest BCUT2D eigenvalue weighted by molar-refractivity contribution is 7.99. The van der Waals surface area contributed by atoms with E-state index in [4.69, 9.17) is 0 Å². The number of fused-ring (bicyclic) bond motifs is 2. The van der Waals surface area contributed by atoms with E-state index >= 15 is 0 Å². The zero-order valence-electron chi connectivity index (χ0n) is 12.6. The van der Waals surface area contributed by atoms with Crippen LogP contribution in [0.1, 0.15) is 34.8 Å². The summed E-state index contributed by atoms with van der Waals surface area (Å²) in [6.07, 6.45) is -0.203. The number of aromatic nitrogens is 3. The number of hydrogen-bond acceptors (Lipinski definition) is 3. The van der Waals surface area contributed by atoms with Crippen molar-refractivity contribution in [2.75, 3.05) is 0 Å². The van der Waals surface area contributed by atoms with E-state index in [1.165, 1.54) is 33.4 Å². The second-order valence-electron chi connectivity index (χ2n) is 5.82. The van der Waals surface area contributed by atoms with E-state index in [2.05, 4.69) is 22.3 Å². The Morgan fingerprint density at radius 3 is 2.75 bits per heavy atom. The zero-order valence-corrected chi connectivity index (χ0v) is 13.4. The second kappa shape index (κ2) is 5.81. The Labute approximate surface area is 140 Å². The van der Waals surface area contributed by atoms with Crippen LogP contribution in [0, 0.1) is 0 Å². The van der Waals surface area contributed by atoms with Gasteiger partial charge in [0.2, 0.25) is 0 Å². The summed E-state index contributed by atoms with van der Waals surface area (Å²) in [6, 6.07) is 10.6. The third kappa shape index (κ3) is 2.77. The van der Waals surface area contributed by atoms with Crippen molar-refractivity contribution in [3.05, 3.63) is 59.3 Å². The summed E-state index contributed by atoms with van der Waals surface area (Å²) in [5, 5.41) is 8.77. The fourth-order valence-corrected chi connectivity index (χ4v) is 4.32. The SMILES string of the molecule is FC(F)(F)c1ccc2nnc(S[C@H]3CCCc4ccccc43)n2c1. The van der Waals surface area contributed by atoms with Crippen LogP contribution in [0.4, 0.5) is 13.2 Å². The molecule has 0 saturated heterocycles. The maximum absolute atomic E-state index is 12.9. The van der Waals surface area contributed by atoms with Gasteiger partial charge in [-0.25, -0.2) is 0 Å². The molecule has 0 unspecified atom stereocenters. The number of nitrogens with zero attached hydrogens (tertiary/aromatic N) is 3. The average molecular weight is 349 g/mol. The molecule has 4 rings (SSSR count). The second-order valence-corrected chi connectivity index (χ2v) is 6.99. The first-order chi connectivity index (χ1) is 11.5. The summed E-state index contributed by atoms with van der Waals surface area (Å²) < 4.78 is 40.3. The minimum atomic E-state index is -4.38. The number of benzene rings is 1. The molecule has 0 spiro atoms. The average Bonchev–Trinajstić information content (AvgIpc) is 2.97. The van der Waals surface area contributed by atoms with Crippen LogP contribution in [0.2, 0.25) is 0 Å². The fraction of sp³-hybridized carbons (Fsp3) is 0.294. The van der Waals surface area contributed by atoms with Gasteiger partial charge in [0.05, 0.1) is 5.56 Å². The first-order valence-corrected chi connectivity index (χ1v) is 8.57. The molecule has 0 saturated carbocycles. The lowest BCUT2D eigenvalue weighted by atomic mass is 9.91. The van der Waals surface area contributed by atoms with Gasteiger partial charge >= 0.3 is 6.18 Å². The Morgan fingerprint density at radius 1 is 1.08 bits per heavy atom. The molecule has 24 heavy (non-hydrogen) atoms. The van der Waals surface area contributed by atoms with E-state index in [-0.39, 0.29) is 5.25 Å². The predicted molar refractivity (Wildman–Crippen MR) is 86.0 cm³/mol. The van der Waals surface area contributed by atoms with Gasteiger partial charge in [-0.3, -0.25) is 4.40 Å². The molecule has 1 atom stereocenters. The monoisotopic (exact) mass is 349 g/mol. The summed E-state index contributed by atoms with van der Waals surface area (Å²) in [7, 11) is 0. The van der Waals surface area contributed by atoms with Crippen LogP contribution in [0.5, 0.6) is 0 Å². The number of thioether (sulfide) groups is 1. The van der Waals surface area contributed by atoms with Crippen LogP contribution < -0.4 is 0 Å². The van der Waals surface area contributed by atoms with Crippen molar-refractivity contribution < 1.29 is 13.2 Å². The number of halogens is 3. The number of pyridine rings is 1. The van der Waals surface area contributed by atoms with Gasteiger partial charge in [-0.05, 0) is 42.5 Å². The highest BCUT2D eigenvalue weighted by Crippen LogP contribution is 2.43. The quantitative estimate of drug-likeness (QED) is 0.658. The largest absolute Gasteiger partial charge is 0.417 e. The van der Waals surface area contributed by atoms with Crippen LogP contribution in [-0.4, -0.2) is 14.6 Å². The summed E-state index contributed by atoms with van der Waals surface area (Å²) in [5.41, 5.74) is 2.29. The van der Waals surface area contributed by atoms with E-state index in [0.717, 1.165) is 31.5 Å². The van der Waals surface area contributed by atoms with Crippen molar-refractivity contribution in [3.8, 4) is 0 Å². The molecule has 0 fully saturated rings. The Bertz CT molecular complexity index is 888. The molecular weight excluding hydrogens is 335 g/mol. The molecule has 124 valence electrons. The minimum Gasteiger partial charge on any atom is -0.277 e. The van der Waals surface area contributed by atoms with Gasteiger partial charge in [-0.1, -0.05) is 36.0 Å².